The second kappa shape index (κ2) is 4.83. The first-order valence-electron chi connectivity index (χ1n) is 5.52. The zero-order valence-corrected chi connectivity index (χ0v) is 11.0. The van der Waals surface area contributed by atoms with Crippen LogP contribution in [-0.4, -0.2) is 23.3 Å². The molecule has 2 rings (SSSR count). The van der Waals surface area contributed by atoms with Crippen molar-refractivity contribution < 1.29 is 9.59 Å². The van der Waals surface area contributed by atoms with Gasteiger partial charge in [0.15, 0.2) is 0 Å². The Morgan fingerprint density at radius 1 is 1.47 bits per heavy atom. The second-order valence-corrected chi connectivity index (χ2v) is 5.46. The van der Waals surface area contributed by atoms with Crippen LogP contribution in [-0.2, 0) is 9.59 Å². The maximum absolute atomic E-state index is 12.1. The lowest BCUT2D eigenvalue weighted by atomic mass is 9.85. The normalized spacial score (nSPS) is 29.5. The molecule has 1 fully saturated rings. The van der Waals surface area contributed by atoms with E-state index >= 15 is 0 Å². The third-order valence-corrected chi connectivity index (χ3v) is 3.68. The third kappa shape index (κ3) is 2.40. The minimum Gasteiger partial charge on any atom is -0.278 e. The molecule has 0 saturated carbocycles. The van der Waals surface area contributed by atoms with E-state index in [1.807, 2.05) is 6.08 Å². The van der Waals surface area contributed by atoms with Crippen LogP contribution in [0, 0.1) is 11.8 Å². The van der Waals surface area contributed by atoms with Crippen molar-refractivity contribution >= 4 is 35.0 Å². The summed E-state index contributed by atoms with van der Waals surface area (Å²) in [5.41, 5.74) is 0. The fourth-order valence-electron chi connectivity index (χ4n) is 2.29. The Kier molecular flexibility index (Phi) is 3.59. The zero-order chi connectivity index (χ0) is 12.6. The van der Waals surface area contributed by atoms with Gasteiger partial charge in [-0.05, 0) is 19.8 Å². The number of hydrogen-bond donors (Lipinski definition) is 0. The smallest absolute Gasteiger partial charge is 0.233 e. The number of amides is 2. The fraction of sp³-hybridized carbons (Fsp3) is 0.500. The third-order valence-electron chi connectivity index (χ3n) is 3.22. The van der Waals surface area contributed by atoms with Crippen LogP contribution < -0.4 is 0 Å². The Hall–Kier alpha value is -0.800. The predicted molar refractivity (Wildman–Crippen MR) is 66.5 cm³/mol. The molecule has 1 aliphatic heterocycles. The Morgan fingerprint density at radius 2 is 2.12 bits per heavy atom. The number of carbonyl (C=O) groups excluding carboxylic acids is 2. The van der Waals surface area contributed by atoms with Gasteiger partial charge in [0.1, 0.15) is 0 Å². The number of rotatable bonds is 2. The summed E-state index contributed by atoms with van der Waals surface area (Å²) in [6, 6.07) is 0. The average molecular weight is 274 g/mol. The molecule has 1 heterocycles. The molecule has 0 spiro atoms. The lowest BCUT2D eigenvalue weighted by Crippen LogP contribution is -2.31. The fourth-order valence-corrected chi connectivity index (χ4v) is 2.62. The number of likely N-dealkylation sites (tertiary alicyclic amines) is 1. The molecule has 1 aliphatic carbocycles. The Bertz CT molecular complexity index is 424. The molecular weight excluding hydrogens is 261 g/mol. The van der Waals surface area contributed by atoms with E-state index in [1.165, 1.54) is 4.90 Å². The van der Waals surface area contributed by atoms with E-state index < -0.39 is 0 Å². The zero-order valence-electron chi connectivity index (χ0n) is 9.45. The lowest BCUT2D eigenvalue weighted by Gasteiger charge is -2.17. The highest BCUT2D eigenvalue weighted by atomic mass is 35.5. The molecule has 0 aromatic heterocycles. The van der Waals surface area contributed by atoms with Crippen LogP contribution in [0.25, 0.3) is 0 Å². The molecule has 2 atom stereocenters. The first kappa shape index (κ1) is 12.7. The van der Waals surface area contributed by atoms with E-state index in [2.05, 4.69) is 0 Å². The second-order valence-electron chi connectivity index (χ2n) is 4.38. The maximum Gasteiger partial charge on any atom is 0.233 e. The monoisotopic (exact) mass is 273 g/mol. The van der Waals surface area contributed by atoms with Crippen molar-refractivity contribution in [2.75, 3.05) is 6.54 Å². The summed E-state index contributed by atoms with van der Waals surface area (Å²) in [6.45, 7) is 1.98. The summed E-state index contributed by atoms with van der Waals surface area (Å²) in [6.07, 6.45) is 4.55. The molecule has 2 unspecified atom stereocenters. The molecule has 0 radical (unpaired) electrons. The minimum atomic E-state index is -0.274. The number of carbonyl (C=O) groups is 2. The molecule has 1 saturated heterocycles. The molecule has 0 aromatic carbocycles. The summed E-state index contributed by atoms with van der Waals surface area (Å²) in [5, 5.41) is 1.26. The summed E-state index contributed by atoms with van der Waals surface area (Å²) in [7, 11) is 0. The van der Waals surface area contributed by atoms with Gasteiger partial charge in [-0.1, -0.05) is 35.4 Å². The number of halogens is 2. The average Bonchev–Trinajstić information content (AvgIpc) is 2.49. The van der Waals surface area contributed by atoms with Crippen LogP contribution in [0.3, 0.4) is 0 Å². The van der Waals surface area contributed by atoms with Crippen molar-refractivity contribution in [2.24, 2.45) is 11.8 Å². The van der Waals surface area contributed by atoms with E-state index in [1.54, 1.807) is 13.0 Å². The standard InChI is InChI=1S/C12H13Cl2NO2/c1-7(13)4-5-15-11(16)9-3-2-8(14)6-10(9)12(15)17/h2,4,9-10H,3,5-6H2,1H3/b7-4-. The van der Waals surface area contributed by atoms with Gasteiger partial charge in [0.2, 0.25) is 11.8 Å². The van der Waals surface area contributed by atoms with Gasteiger partial charge in [0.25, 0.3) is 0 Å². The van der Waals surface area contributed by atoms with E-state index in [0.717, 1.165) is 0 Å². The van der Waals surface area contributed by atoms with Gasteiger partial charge in [-0.3, -0.25) is 14.5 Å². The van der Waals surface area contributed by atoms with Crippen molar-refractivity contribution in [1.29, 1.82) is 0 Å². The highest BCUT2D eigenvalue weighted by Crippen LogP contribution is 2.38. The SMILES string of the molecule is C/C(Cl)=C/CN1C(=O)C2CC=C(Cl)CC2C1=O. The Balaban J connectivity index is 2.16. The molecular formula is C12H13Cl2NO2. The largest absolute Gasteiger partial charge is 0.278 e. The summed E-state index contributed by atoms with van der Waals surface area (Å²) < 4.78 is 0. The number of allylic oxidation sites excluding steroid dienone is 3. The number of fused-ring (bicyclic) bond motifs is 1. The van der Waals surface area contributed by atoms with Crippen LogP contribution in [0.15, 0.2) is 22.2 Å². The Morgan fingerprint density at radius 3 is 2.76 bits per heavy atom. The molecule has 5 heteroatoms. The van der Waals surface area contributed by atoms with Crippen LogP contribution >= 0.6 is 23.2 Å². The topological polar surface area (TPSA) is 37.4 Å². The van der Waals surface area contributed by atoms with E-state index in [9.17, 15) is 9.59 Å². The molecule has 0 aromatic rings. The first-order valence-corrected chi connectivity index (χ1v) is 6.28. The van der Waals surface area contributed by atoms with Gasteiger partial charge < -0.3 is 0 Å². The number of imide groups is 1. The molecule has 2 amide bonds. The van der Waals surface area contributed by atoms with Crippen LogP contribution in [0.5, 0.6) is 0 Å². The van der Waals surface area contributed by atoms with Crippen molar-refractivity contribution in [3.05, 3.63) is 22.2 Å². The molecule has 92 valence electrons. The van der Waals surface area contributed by atoms with Gasteiger partial charge in [0, 0.05) is 16.6 Å². The van der Waals surface area contributed by atoms with Gasteiger partial charge >= 0.3 is 0 Å². The molecule has 2 aliphatic rings. The van der Waals surface area contributed by atoms with Gasteiger partial charge in [-0.15, -0.1) is 0 Å². The van der Waals surface area contributed by atoms with E-state index in [0.29, 0.717) is 22.9 Å². The van der Waals surface area contributed by atoms with Gasteiger partial charge in [-0.2, -0.15) is 0 Å². The summed E-state index contributed by atoms with van der Waals surface area (Å²) >= 11 is 11.6. The molecule has 17 heavy (non-hydrogen) atoms. The number of nitrogens with zero attached hydrogens (tertiary/aromatic N) is 1. The van der Waals surface area contributed by atoms with Crippen molar-refractivity contribution in [3.8, 4) is 0 Å². The lowest BCUT2D eigenvalue weighted by molar-refractivity contribution is -0.139. The van der Waals surface area contributed by atoms with E-state index in [-0.39, 0.29) is 30.2 Å². The summed E-state index contributed by atoms with van der Waals surface area (Å²) in [5.74, 6) is -0.729. The molecule has 3 nitrogen and oxygen atoms in total. The highest BCUT2D eigenvalue weighted by Gasteiger charge is 2.47. The van der Waals surface area contributed by atoms with Gasteiger partial charge in [-0.25, -0.2) is 0 Å². The van der Waals surface area contributed by atoms with E-state index in [4.69, 9.17) is 23.2 Å². The van der Waals surface area contributed by atoms with Crippen molar-refractivity contribution in [1.82, 2.24) is 4.90 Å². The summed E-state index contributed by atoms with van der Waals surface area (Å²) in [4.78, 5) is 25.4. The van der Waals surface area contributed by atoms with Crippen LogP contribution in [0.1, 0.15) is 19.8 Å². The number of hydrogen-bond acceptors (Lipinski definition) is 2. The van der Waals surface area contributed by atoms with Crippen molar-refractivity contribution in [3.63, 3.8) is 0 Å². The molecule has 0 bridgehead atoms. The maximum atomic E-state index is 12.1. The predicted octanol–water partition coefficient (Wildman–Crippen LogP) is 2.65. The minimum absolute atomic E-state index is 0.102. The molecule has 0 N–H and O–H groups in total. The Labute approximate surface area is 110 Å². The van der Waals surface area contributed by atoms with Crippen LogP contribution in [0.4, 0.5) is 0 Å². The quantitative estimate of drug-likeness (QED) is 0.726. The van der Waals surface area contributed by atoms with Gasteiger partial charge in [0.05, 0.1) is 11.8 Å². The highest BCUT2D eigenvalue weighted by molar-refractivity contribution is 6.30. The van der Waals surface area contributed by atoms with Crippen LogP contribution in [0.2, 0.25) is 0 Å². The van der Waals surface area contributed by atoms with Crippen molar-refractivity contribution in [2.45, 2.75) is 19.8 Å². The first-order chi connectivity index (χ1) is 8.00.